The number of anilines is 2. The SMILES string of the molecule is CC(=O)Nc1cccc(NC(=S)NC(=O)c2cccc(OC(C)C)c2)c1. The molecule has 0 aromatic heterocycles. The topological polar surface area (TPSA) is 79.5 Å². The van der Waals surface area contributed by atoms with E-state index in [0.717, 1.165) is 0 Å². The van der Waals surface area contributed by atoms with Gasteiger partial charge in [0.1, 0.15) is 5.75 Å². The summed E-state index contributed by atoms with van der Waals surface area (Å²) in [5, 5.41) is 8.38. The van der Waals surface area contributed by atoms with Crippen molar-refractivity contribution in [2.45, 2.75) is 26.9 Å². The molecule has 0 heterocycles. The van der Waals surface area contributed by atoms with Crippen LogP contribution in [0.5, 0.6) is 5.75 Å². The number of nitrogens with one attached hydrogen (secondary N) is 3. The molecule has 0 radical (unpaired) electrons. The molecule has 2 aromatic rings. The number of benzene rings is 2. The van der Waals surface area contributed by atoms with Crippen molar-refractivity contribution >= 4 is 40.5 Å². The Morgan fingerprint density at radius 1 is 1.00 bits per heavy atom. The summed E-state index contributed by atoms with van der Waals surface area (Å²) >= 11 is 5.18. The summed E-state index contributed by atoms with van der Waals surface area (Å²) < 4.78 is 5.59. The Bertz CT molecular complexity index is 821. The van der Waals surface area contributed by atoms with Gasteiger partial charge in [-0.1, -0.05) is 12.1 Å². The zero-order valence-corrected chi connectivity index (χ0v) is 15.6. The van der Waals surface area contributed by atoms with Crippen molar-refractivity contribution in [3.63, 3.8) is 0 Å². The number of ether oxygens (including phenoxy) is 1. The van der Waals surface area contributed by atoms with Crippen molar-refractivity contribution in [1.82, 2.24) is 5.32 Å². The highest BCUT2D eigenvalue weighted by Gasteiger charge is 2.10. The highest BCUT2D eigenvalue weighted by molar-refractivity contribution is 7.80. The minimum absolute atomic E-state index is 0.0203. The lowest BCUT2D eigenvalue weighted by atomic mass is 10.2. The van der Waals surface area contributed by atoms with Crippen LogP contribution in [0.1, 0.15) is 31.1 Å². The van der Waals surface area contributed by atoms with Crippen molar-refractivity contribution in [3.05, 3.63) is 54.1 Å². The molecule has 0 unspecified atom stereocenters. The summed E-state index contributed by atoms with van der Waals surface area (Å²) in [5.74, 6) is 0.116. The van der Waals surface area contributed by atoms with Gasteiger partial charge in [0.15, 0.2) is 5.11 Å². The van der Waals surface area contributed by atoms with Crippen molar-refractivity contribution in [1.29, 1.82) is 0 Å². The summed E-state index contributed by atoms with van der Waals surface area (Å²) in [7, 11) is 0. The van der Waals surface area contributed by atoms with Gasteiger partial charge in [0.25, 0.3) is 5.91 Å². The van der Waals surface area contributed by atoms with Crippen LogP contribution < -0.4 is 20.7 Å². The molecule has 0 bridgehead atoms. The van der Waals surface area contributed by atoms with E-state index < -0.39 is 0 Å². The molecule has 0 atom stereocenters. The average molecular weight is 371 g/mol. The van der Waals surface area contributed by atoms with E-state index in [9.17, 15) is 9.59 Å². The number of hydrogen-bond acceptors (Lipinski definition) is 4. The lowest BCUT2D eigenvalue weighted by molar-refractivity contribution is -0.114. The van der Waals surface area contributed by atoms with Crippen LogP contribution in [-0.4, -0.2) is 23.0 Å². The maximum absolute atomic E-state index is 12.3. The van der Waals surface area contributed by atoms with Gasteiger partial charge in [-0.15, -0.1) is 0 Å². The summed E-state index contributed by atoms with van der Waals surface area (Å²) in [6.07, 6.45) is 0.0203. The highest BCUT2D eigenvalue weighted by atomic mass is 32.1. The van der Waals surface area contributed by atoms with Crippen LogP contribution in [0.15, 0.2) is 48.5 Å². The van der Waals surface area contributed by atoms with E-state index in [1.165, 1.54) is 6.92 Å². The van der Waals surface area contributed by atoms with Gasteiger partial charge >= 0.3 is 0 Å². The first-order valence-electron chi connectivity index (χ1n) is 8.10. The number of hydrogen-bond donors (Lipinski definition) is 3. The molecule has 0 aliphatic heterocycles. The monoisotopic (exact) mass is 371 g/mol. The van der Waals surface area contributed by atoms with E-state index in [1.807, 2.05) is 13.8 Å². The predicted octanol–water partition coefficient (Wildman–Crippen LogP) is 3.56. The Morgan fingerprint density at radius 3 is 2.31 bits per heavy atom. The van der Waals surface area contributed by atoms with Gasteiger partial charge in [-0.2, -0.15) is 0 Å². The van der Waals surface area contributed by atoms with Gasteiger partial charge < -0.3 is 15.4 Å². The molecule has 0 aliphatic rings. The van der Waals surface area contributed by atoms with Crippen molar-refractivity contribution in [3.8, 4) is 5.75 Å². The molecule has 136 valence electrons. The Labute approximate surface area is 157 Å². The first-order chi connectivity index (χ1) is 12.3. The molecule has 3 N–H and O–H groups in total. The Kier molecular flexibility index (Phi) is 6.68. The summed E-state index contributed by atoms with van der Waals surface area (Å²) in [6, 6.07) is 13.9. The molecule has 2 amide bonds. The van der Waals surface area contributed by atoms with Crippen LogP contribution in [0, 0.1) is 0 Å². The number of amides is 2. The van der Waals surface area contributed by atoms with Gasteiger partial charge in [-0.3, -0.25) is 14.9 Å². The molecule has 0 aliphatic carbocycles. The van der Waals surface area contributed by atoms with Gasteiger partial charge in [0.05, 0.1) is 6.10 Å². The van der Waals surface area contributed by atoms with E-state index in [4.69, 9.17) is 17.0 Å². The molecular weight excluding hydrogens is 350 g/mol. The second-order valence-electron chi connectivity index (χ2n) is 5.86. The fourth-order valence-corrected chi connectivity index (χ4v) is 2.41. The minimum atomic E-state index is -0.338. The zero-order valence-electron chi connectivity index (χ0n) is 14.8. The van der Waals surface area contributed by atoms with Crippen LogP contribution >= 0.6 is 12.2 Å². The van der Waals surface area contributed by atoms with E-state index in [1.54, 1.807) is 48.5 Å². The largest absolute Gasteiger partial charge is 0.491 e. The van der Waals surface area contributed by atoms with Gasteiger partial charge in [-0.05, 0) is 62.5 Å². The lowest BCUT2D eigenvalue weighted by Gasteiger charge is -2.12. The van der Waals surface area contributed by atoms with Crippen LogP contribution in [0.3, 0.4) is 0 Å². The van der Waals surface area contributed by atoms with E-state index in [-0.39, 0.29) is 23.0 Å². The van der Waals surface area contributed by atoms with Crippen molar-refractivity contribution < 1.29 is 14.3 Å². The summed E-state index contributed by atoms with van der Waals surface area (Å²) in [4.78, 5) is 23.5. The first kappa shape index (κ1) is 19.4. The molecule has 2 aromatic carbocycles. The Hall–Kier alpha value is -2.93. The maximum Gasteiger partial charge on any atom is 0.257 e. The van der Waals surface area contributed by atoms with Crippen LogP contribution in [-0.2, 0) is 4.79 Å². The average Bonchev–Trinajstić information content (AvgIpc) is 2.54. The number of carbonyl (C=O) groups is 2. The fraction of sp³-hybridized carbons (Fsp3) is 0.211. The standard InChI is InChI=1S/C19H21N3O3S/c1-12(2)25-17-9-4-6-14(10-17)18(24)22-19(26)21-16-8-5-7-15(11-16)20-13(3)23/h4-12H,1-3H3,(H,20,23)(H2,21,22,24,26). The number of thiocarbonyl (C=S) groups is 1. The minimum Gasteiger partial charge on any atom is -0.491 e. The van der Waals surface area contributed by atoms with Crippen molar-refractivity contribution in [2.75, 3.05) is 10.6 Å². The second-order valence-corrected chi connectivity index (χ2v) is 6.27. The molecular formula is C19H21N3O3S. The third-order valence-corrected chi connectivity index (χ3v) is 3.34. The van der Waals surface area contributed by atoms with E-state index in [0.29, 0.717) is 22.7 Å². The van der Waals surface area contributed by atoms with Crippen LogP contribution in [0.25, 0.3) is 0 Å². The number of carbonyl (C=O) groups excluding carboxylic acids is 2. The predicted molar refractivity (Wildman–Crippen MR) is 107 cm³/mol. The molecule has 0 saturated carbocycles. The lowest BCUT2D eigenvalue weighted by Crippen LogP contribution is -2.34. The third kappa shape index (κ3) is 6.18. The highest BCUT2D eigenvalue weighted by Crippen LogP contribution is 2.16. The van der Waals surface area contributed by atoms with E-state index >= 15 is 0 Å². The van der Waals surface area contributed by atoms with E-state index in [2.05, 4.69) is 16.0 Å². The van der Waals surface area contributed by atoms with Crippen LogP contribution in [0.4, 0.5) is 11.4 Å². The molecule has 0 saturated heterocycles. The second kappa shape index (κ2) is 8.96. The molecule has 0 fully saturated rings. The molecule has 2 rings (SSSR count). The number of rotatable bonds is 5. The summed E-state index contributed by atoms with van der Waals surface area (Å²) in [6.45, 7) is 5.27. The normalized spacial score (nSPS) is 10.2. The molecule has 26 heavy (non-hydrogen) atoms. The van der Waals surface area contributed by atoms with Gasteiger partial charge in [0.2, 0.25) is 5.91 Å². The van der Waals surface area contributed by atoms with Gasteiger partial charge in [0, 0.05) is 23.9 Å². The van der Waals surface area contributed by atoms with Crippen molar-refractivity contribution in [2.24, 2.45) is 0 Å². The van der Waals surface area contributed by atoms with Gasteiger partial charge in [-0.25, -0.2) is 0 Å². The zero-order chi connectivity index (χ0) is 19.1. The smallest absolute Gasteiger partial charge is 0.257 e. The Morgan fingerprint density at radius 2 is 1.65 bits per heavy atom. The summed E-state index contributed by atoms with van der Waals surface area (Å²) in [5.41, 5.74) is 1.73. The molecule has 0 spiro atoms. The first-order valence-corrected chi connectivity index (χ1v) is 8.51. The van der Waals surface area contributed by atoms with Crippen LogP contribution in [0.2, 0.25) is 0 Å². The Balaban J connectivity index is 1.99. The molecule has 7 heteroatoms. The molecule has 6 nitrogen and oxygen atoms in total. The fourth-order valence-electron chi connectivity index (χ4n) is 2.20. The quantitative estimate of drug-likeness (QED) is 0.701. The maximum atomic E-state index is 12.3. The third-order valence-electron chi connectivity index (χ3n) is 3.14.